The summed E-state index contributed by atoms with van der Waals surface area (Å²) in [5, 5.41) is 3.39. The topological polar surface area (TPSA) is 67.6 Å². The number of nitrogen functional groups attached to an aromatic ring is 1. The van der Waals surface area contributed by atoms with Gasteiger partial charge in [0.05, 0.1) is 30.6 Å². The summed E-state index contributed by atoms with van der Waals surface area (Å²) < 4.78 is 5.64. The molecule has 1 aromatic carbocycles. The molecule has 2 unspecified atom stereocenters. The van der Waals surface area contributed by atoms with Crippen molar-refractivity contribution >= 4 is 28.9 Å². The quantitative estimate of drug-likeness (QED) is 0.838. The molecule has 1 aromatic rings. The van der Waals surface area contributed by atoms with Crippen LogP contribution in [0, 0.1) is 0 Å². The van der Waals surface area contributed by atoms with E-state index in [-0.39, 0.29) is 18.1 Å². The second-order valence-electron chi connectivity index (χ2n) is 5.42. The molecular formula is C15H22ClN3O2. The maximum Gasteiger partial charge on any atom is 0.238 e. The second-order valence-corrected chi connectivity index (χ2v) is 5.85. The summed E-state index contributed by atoms with van der Waals surface area (Å²) in [5.74, 6) is -0.0726. The molecule has 1 fully saturated rings. The van der Waals surface area contributed by atoms with Crippen LogP contribution in [-0.2, 0) is 9.53 Å². The second kappa shape index (κ2) is 7.11. The van der Waals surface area contributed by atoms with Crippen LogP contribution >= 0.6 is 11.6 Å². The third kappa shape index (κ3) is 4.33. The Bertz CT molecular complexity index is 510. The minimum Gasteiger partial charge on any atom is -0.397 e. The highest BCUT2D eigenvalue weighted by Crippen LogP contribution is 2.23. The van der Waals surface area contributed by atoms with Crippen LogP contribution < -0.4 is 11.1 Å². The molecule has 0 radical (unpaired) electrons. The number of anilines is 2. The Kier molecular flexibility index (Phi) is 5.45. The highest BCUT2D eigenvalue weighted by Gasteiger charge is 2.27. The van der Waals surface area contributed by atoms with E-state index in [4.69, 9.17) is 22.1 Å². The van der Waals surface area contributed by atoms with Crippen LogP contribution in [0.1, 0.15) is 20.3 Å². The standard InChI is InChI=1S/C15H22ClN3O2/c1-3-12-9-21-10(2)7-19(12)8-15(20)18-14-5-4-11(16)6-13(14)17/h4-6,10,12H,3,7-9,17H2,1-2H3,(H,18,20). The van der Waals surface area contributed by atoms with Crippen molar-refractivity contribution in [3.8, 4) is 0 Å². The molecule has 1 aliphatic rings. The number of morpholine rings is 1. The Hall–Kier alpha value is -1.30. The number of hydrogen-bond donors (Lipinski definition) is 2. The number of amides is 1. The first-order valence-corrected chi connectivity index (χ1v) is 7.58. The van der Waals surface area contributed by atoms with Gasteiger partial charge in [0.15, 0.2) is 0 Å². The van der Waals surface area contributed by atoms with Crippen molar-refractivity contribution in [3.63, 3.8) is 0 Å². The molecule has 2 rings (SSSR count). The number of hydrogen-bond acceptors (Lipinski definition) is 4. The van der Waals surface area contributed by atoms with Crippen molar-refractivity contribution in [1.82, 2.24) is 4.90 Å². The highest BCUT2D eigenvalue weighted by atomic mass is 35.5. The number of nitrogens with two attached hydrogens (primary N) is 1. The molecule has 1 heterocycles. The minimum absolute atomic E-state index is 0.0726. The van der Waals surface area contributed by atoms with E-state index in [0.29, 0.717) is 29.5 Å². The highest BCUT2D eigenvalue weighted by molar-refractivity contribution is 6.31. The van der Waals surface area contributed by atoms with Crippen LogP contribution in [0.15, 0.2) is 18.2 Å². The van der Waals surface area contributed by atoms with Gasteiger partial charge in [0.25, 0.3) is 0 Å². The molecule has 21 heavy (non-hydrogen) atoms. The Morgan fingerprint density at radius 1 is 1.57 bits per heavy atom. The van der Waals surface area contributed by atoms with Crippen molar-refractivity contribution in [2.75, 3.05) is 30.7 Å². The predicted octanol–water partition coefficient (Wildman–Crippen LogP) is 2.36. The molecular weight excluding hydrogens is 290 g/mol. The van der Waals surface area contributed by atoms with E-state index in [1.165, 1.54) is 0 Å². The lowest BCUT2D eigenvalue weighted by atomic mass is 10.1. The van der Waals surface area contributed by atoms with Gasteiger partial charge in [-0.25, -0.2) is 0 Å². The van der Waals surface area contributed by atoms with Gasteiger partial charge >= 0.3 is 0 Å². The number of nitrogens with one attached hydrogen (secondary N) is 1. The minimum atomic E-state index is -0.0726. The Balaban J connectivity index is 1.97. The number of carbonyl (C=O) groups excluding carboxylic acids is 1. The summed E-state index contributed by atoms with van der Waals surface area (Å²) in [6.45, 7) is 5.91. The molecule has 3 N–H and O–H groups in total. The van der Waals surface area contributed by atoms with Gasteiger partial charge in [0.2, 0.25) is 5.91 Å². The summed E-state index contributed by atoms with van der Waals surface area (Å²) in [5.41, 5.74) is 6.91. The molecule has 1 amide bonds. The molecule has 2 atom stereocenters. The van der Waals surface area contributed by atoms with E-state index >= 15 is 0 Å². The van der Waals surface area contributed by atoms with Crippen LogP contribution in [0.25, 0.3) is 0 Å². The Morgan fingerprint density at radius 3 is 3.00 bits per heavy atom. The van der Waals surface area contributed by atoms with E-state index in [1.807, 2.05) is 6.92 Å². The fourth-order valence-corrected chi connectivity index (χ4v) is 2.68. The van der Waals surface area contributed by atoms with Crippen LogP contribution in [-0.4, -0.2) is 42.6 Å². The number of rotatable bonds is 4. The van der Waals surface area contributed by atoms with Gasteiger partial charge in [0, 0.05) is 17.6 Å². The first kappa shape index (κ1) is 16.1. The van der Waals surface area contributed by atoms with Gasteiger partial charge in [-0.15, -0.1) is 0 Å². The van der Waals surface area contributed by atoms with Crippen LogP contribution in [0.5, 0.6) is 0 Å². The lowest BCUT2D eigenvalue weighted by Crippen LogP contribution is -2.51. The van der Waals surface area contributed by atoms with Crippen molar-refractivity contribution in [2.45, 2.75) is 32.4 Å². The summed E-state index contributed by atoms with van der Waals surface area (Å²) >= 11 is 5.85. The number of ether oxygens (including phenoxy) is 1. The van der Waals surface area contributed by atoms with E-state index in [2.05, 4.69) is 17.1 Å². The zero-order valence-electron chi connectivity index (χ0n) is 12.4. The molecule has 0 spiro atoms. The summed E-state index contributed by atoms with van der Waals surface area (Å²) in [4.78, 5) is 14.4. The number of carbonyl (C=O) groups is 1. The van der Waals surface area contributed by atoms with Gasteiger partial charge < -0.3 is 15.8 Å². The molecule has 5 nitrogen and oxygen atoms in total. The van der Waals surface area contributed by atoms with E-state index < -0.39 is 0 Å². The largest absolute Gasteiger partial charge is 0.397 e. The van der Waals surface area contributed by atoms with Gasteiger partial charge in [-0.2, -0.15) is 0 Å². The molecule has 0 aliphatic carbocycles. The SMILES string of the molecule is CCC1COC(C)CN1CC(=O)Nc1ccc(Cl)cc1N. The van der Waals surface area contributed by atoms with E-state index in [9.17, 15) is 4.79 Å². The first-order chi connectivity index (χ1) is 9.99. The first-order valence-electron chi connectivity index (χ1n) is 7.20. The number of nitrogens with zero attached hydrogens (tertiary/aromatic N) is 1. The summed E-state index contributed by atoms with van der Waals surface area (Å²) in [7, 11) is 0. The monoisotopic (exact) mass is 311 g/mol. The van der Waals surface area contributed by atoms with Gasteiger partial charge in [-0.05, 0) is 31.5 Å². The number of halogens is 1. The maximum absolute atomic E-state index is 12.2. The zero-order valence-corrected chi connectivity index (χ0v) is 13.2. The van der Waals surface area contributed by atoms with Gasteiger partial charge in [0.1, 0.15) is 0 Å². The molecule has 0 aromatic heterocycles. The molecule has 1 saturated heterocycles. The average molecular weight is 312 g/mol. The van der Waals surface area contributed by atoms with E-state index in [0.717, 1.165) is 13.0 Å². The molecule has 1 aliphatic heterocycles. The van der Waals surface area contributed by atoms with Gasteiger partial charge in [-0.3, -0.25) is 9.69 Å². The third-order valence-electron chi connectivity index (χ3n) is 3.69. The third-order valence-corrected chi connectivity index (χ3v) is 3.92. The maximum atomic E-state index is 12.2. The van der Waals surface area contributed by atoms with Crippen molar-refractivity contribution in [2.24, 2.45) is 0 Å². The summed E-state index contributed by atoms with van der Waals surface area (Å²) in [6.07, 6.45) is 1.12. The Labute approximate surface area is 130 Å². The van der Waals surface area contributed by atoms with E-state index in [1.54, 1.807) is 18.2 Å². The normalized spacial score (nSPS) is 23.0. The lowest BCUT2D eigenvalue weighted by Gasteiger charge is -2.37. The van der Waals surface area contributed by atoms with Crippen LogP contribution in [0.3, 0.4) is 0 Å². The fraction of sp³-hybridized carbons (Fsp3) is 0.533. The molecule has 116 valence electrons. The van der Waals surface area contributed by atoms with Crippen molar-refractivity contribution in [3.05, 3.63) is 23.2 Å². The predicted molar refractivity (Wildman–Crippen MR) is 85.6 cm³/mol. The van der Waals surface area contributed by atoms with Crippen LogP contribution in [0.4, 0.5) is 11.4 Å². The van der Waals surface area contributed by atoms with Crippen molar-refractivity contribution < 1.29 is 9.53 Å². The Morgan fingerprint density at radius 2 is 2.33 bits per heavy atom. The van der Waals surface area contributed by atoms with Crippen molar-refractivity contribution in [1.29, 1.82) is 0 Å². The van der Waals surface area contributed by atoms with Gasteiger partial charge in [-0.1, -0.05) is 18.5 Å². The lowest BCUT2D eigenvalue weighted by molar-refractivity contribution is -0.121. The van der Waals surface area contributed by atoms with Crippen LogP contribution in [0.2, 0.25) is 5.02 Å². The smallest absolute Gasteiger partial charge is 0.238 e. The average Bonchev–Trinajstić information content (AvgIpc) is 2.42. The number of benzene rings is 1. The molecule has 6 heteroatoms. The molecule has 0 bridgehead atoms. The molecule has 0 saturated carbocycles. The fourth-order valence-electron chi connectivity index (χ4n) is 2.50. The summed E-state index contributed by atoms with van der Waals surface area (Å²) in [6, 6.07) is 5.34. The zero-order chi connectivity index (χ0) is 15.4.